The Morgan fingerprint density at radius 2 is 2.06 bits per heavy atom. The van der Waals surface area contributed by atoms with Gasteiger partial charge in [-0.2, -0.15) is 0 Å². The summed E-state index contributed by atoms with van der Waals surface area (Å²) in [5, 5.41) is 3.41. The Morgan fingerprint density at radius 3 is 2.69 bits per heavy atom. The van der Waals surface area contributed by atoms with E-state index in [9.17, 15) is 8.78 Å². The van der Waals surface area contributed by atoms with E-state index in [4.69, 9.17) is 0 Å². The zero-order valence-corrected chi connectivity index (χ0v) is 9.47. The van der Waals surface area contributed by atoms with Crippen LogP contribution in [0.4, 0.5) is 8.78 Å². The van der Waals surface area contributed by atoms with Gasteiger partial charge >= 0.3 is 0 Å². The number of piperidine rings is 1. The lowest BCUT2D eigenvalue weighted by atomic mass is 9.90. The highest BCUT2D eigenvalue weighted by Crippen LogP contribution is 2.20. The molecule has 1 saturated heterocycles. The number of hydrogen-bond acceptors (Lipinski definition) is 1. The minimum atomic E-state index is -0.765. The van der Waals surface area contributed by atoms with Crippen molar-refractivity contribution >= 4 is 0 Å². The van der Waals surface area contributed by atoms with Crippen molar-refractivity contribution in [1.82, 2.24) is 5.32 Å². The Balaban J connectivity index is 1.96. The van der Waals surface area contributed by atoms with E-state index in [-0.39, 0.29) is 0 Å². The molecule has 0 amide bonds. The quantitative estimate of drug-likeness (QED) is 0.816. The smallest absolute Gasteiger partial charge is 0.159 e. The Bertz CT molecular complexity index is 357. The molecule has 0 bridgehead atoms. The van der Waals surface area contributed by atoms with Crippen molar-refractivity contribution in [3.05, 3.63) is 35.4 Å². The van der Waals surface area contributed by atoms with Gasteiger partial charge < -0.3 is 5.32 Å². The summed E-state index contributed by atoms with van der Waals surface area (Å²) in [5.41, 5.74) is 0.889. The zero-order chi connectivity index (χ0) is 11.5. The van der Waals surface area contributed by atoms with Crippen LogP contribution >= 0.6 is 0 Å². The molecule has 2 atom stereocenters. The number of benzene rings is 1. The Kier molecular flexibility index (Phi) is 3.54. The molecule has 88 valence electrons. The molecule has 1 aromatic rings. The molecule has 1 aromatic carbocycles. The minimum absolute atomic E-state index is 0.543. The van der Waals surface area contributed by atoms with E-state index in [0.717, 1.165) is 31.4 Å². The maximum atomic E-state index is 13.0. The summed E-state index contributed by atoms with van der Waals surface area (Å²) in [5.74, 6) is -0.963. The van der Waals surface area contributed by atoms with Crippen molar-refractivity contribution in [2.45, 2.75) is 32.2 Å². The van der Waals surface area contributed by atoms with Crippen molar-refractivity contribution in [1.29, 1.82) is 0 Å². The van der Waals surface area contributed by atoms with Crippen molar-refractivity contribution in [3.63, 3.8) is 0 Å². The van der Waals surface area contributed by atoms with E-state index in [0.29, 0.717) is 12.0 Å². The number of halogens is 2. The number of rotatable bonds is 2. The van der Waals surface area contributed by atoms with Gasteiger partial charge in [-0.15, -0.1) is 0 Å². The van der Waals surface area contributed by atoms with Gasteiger partial charge in [-0.05, 0) is 56.3 Å². The molecule has 1 N–H and O–H groups in total. The summed E-state index contributed by atoms with van der Waals surface area (Å²) in [6.45, 7) is 3.15. The minimum Gasteiger partial charge on any atom is -0.314 e. The average Bonchev–Trinajstić information content (AvgIpc) is 2.27. The maximum absolute atomic E-state index is 13.0. The first-order valence-electron chi connectivity index (χ1n) is 5.82. The molecule has 0 saturated carbocycles. The average molecular weight is 225 g/mol. The van der Waals surface area contributed by atoms with E-state index in [2.05, 4.69) is 12.2 Å². The molecule has 3 heteroatoms. The van der Waals surface area contributed by atoms with Gasteiger partial charge in [0.15, 0.2) is 11.6 Å². The van der Waals surface area contributed by atoms with Gasteiger partial charge in [-0.3, -0.25) is 0 Å². The lowest BCUT2D eigenvalue weighted by Crippen LogP contribution is -2.37. The summed E-state index contributed by atoms with van der Waals surface area (Å²) in [4.78, 5) is 0. The van der Waals surface area contributed by atoms with E-state index in [1.807, 2.05) is 0 Å². The van der Waals surface area contributed by atoms with Gasteiger partial charge in [0.05, 0.1) is 0 Å². The highest BCUT2D eigenvalue weighted by molar-refractivity contribution is 5.18. The summed E-state index contributed by atoms with van der Waals surface area (Å²) < 4.78 is 25.7. The fraction of sp³-hybridized carbons (Fsp3) is 0.538. The monoisotopic (exact) mass is 225 g/mol. The highest BCUT2D eigenvalue weighted by Gasteiger charge is 2.18. The zero-order valence-electron chi connectivity index (χ0n) is 9.47. The van der Waals surface area contributed by atoms with Crippen LogP contribution in [-0.2, 0) is 6.42 Å². The molecule has 1 aliphatic rings. The highest BCUT2D eigenvalue weighted by atomic mass is 19.2. The van der Waals surface area contributed by atoms with Crippen LogP contribution in [0.25, 0.3) is 0 Å². The first-order valence-corrected chi connectivity index (χ1v) is 5.82. The topological polar surface area (TPSA) is 12.0 Å². The molecule has 0 aromatic heterocycles. The van der Waals surface area contributed by atoms with Crippen LogP contribution in [0.3, 0.4) is 0 Å². The number of hydrogen-bond donors (Lipinski definition) is 1. The van der Waals surface area contributed by atoms with Crippen LogP contribution in [-0.4, -0.2) is 12.6 Å². The standard InChI is InChI=1S/C13H17F2N/c1-9-2-3-11(8-16-9)6-10-4-5-12(14)13(15)7-10/h4-5,7,9,11,16H,2-3,6,8H2,1H3. The lowest BCUT2D eigenvalue weighted by molar-refractivity contribution is 0.321. The summed E-state index contributed by atoms with van der Waals surface area (Å²) in [6.07, 6.45) is 3.15. The van der Waals surface area contributed by atoms with E-state index in [1.54, 1.807) is 6.07 Å². The molecular formula is C13H17F2N. The third-order valence-corrected chi connectivity index (χ3v) is 3.27. The normalized spacial score (nSPS) is 25.7. The predicted octanol–water partition coefficient (Wildman–Crippen LogP) is 2.90. The van der Waals surface area contributed by atoms with Crippen molar-refractivity contribution in [3.8, 4) is 0 Å². The predicted molar refractivity (Wildman–Crippen MR) is 60.3 cm³/mol. The fourth-order valence-corrected chi connectivity index (χ4v) is 2.23. The first-order chi connectivity index (χ1) is 7.65. The van der Waals surface area contributed by atoms with Gasteiger partial charge in [0, 0.05) is 6.04 Å². The molecule has 0 aliphatic carbocycles. The Labute approximate surface area is 94.9 Å². The SMILES string of the molecule is CC1CCC(Cc2ccc(F)c(F)c2)CN1. The third kappa shape index (κ3) is 2.79. The third-order valence-electron chi connectivity index (χ3n) is 3.27. The summed E-state index contributed by atoms with van der Waals surface area (Å²) >= 11 is 0. The van der Waals surface area contributed by atoms with Crippen LogP contribution in [0.5, 0.6) is 0 Å². The molecule has 16 heavy (non-hydrogen) atoms. The molecule has 1 nitrogen and oxygen atoms in total. The first kappa shape index (κ1) is 11.5. The van der Waals surface area contributed by atoms with E-state index < -0.39 is 11.6 Å². The van der Waals surface area contributed by atoms with Gasteiger partial charge in [0.25, 0.3) is 0 Å². The maximum Gasteiger partial charge on any atom is 0.159 e. The van der Waals surface area contributed by atoms with Crippen LogP contribution in [0.15, 0.2) is 18.2 Å². The van der Waals surface area contributed by atoms with E-state index >= 15 is 0 Å². The second-order valence-electron chi connectivity index (χ2n) is 4.71. The summed E-state index contributed by atoms with van der Waals surface area (Å²) in [6, 6.07) is 4.79. The molecule has 1 fully saturated rings. The van der Waals surface area contributed by atoms with Gasteiger partial charge in [0.2, 0.25) is 0 Å². The fourth-order valence-electron chi connectivity index (χ4n) is 2.23. The van der Waals surface area contributed by atoms with Crippen LogP contribution in [0, 0.1) is 17.6 Å². The number of nitrogens with one attached hydrogen (secondary N) is 1. The second-order valence-corrected chi connectivity index (χ2v) is 4.71. The van der Waals surface area contributed by atoms with Crippen molar-refractivity contribution < 1.29 is 8.78 Å². The van der Waals surface area contributed by atoms with Gasteiger partial charge in [-0.1, -0.05) is 6.07 Å². The molecular weight excluding hydrogens is 208 g/mol. The molecule has 0 spiro atoms. The summed E-state index contributed by atoms with van der Waals surface area (Å²) in [7, 11) is 0. The molecule has 1 aliphatic heterocycles. The largest absolute Gasteiger partial charge is 0.314 e. The van der Waals surface area contributed by atoms with Crippen LogP contribution in [0.2, 0.25) is 0 Å². The Morgan fingerprint density at radius 1 is 1.25 bits per heavy atom. The van der Waals surface area contributed by atoms with E-state index in [1.165, 1.54) is 12.1 Å². The van der Waals surface area contributed by atoms with Gasteiger partial charge in [-0.25, -0.2) is 8.78 Å². The lowest BCUT2D eigenvalue weighted by Gasteiger charge is -2.27. The van der Waals surface area contributed by atoms with Crippen LogP contribution < -0.4 is 5.32 Å². The Hall–Kier alpha value is -0.960. The van der Waals surface area contributed by atoms with Crippen molar-refractivity contribution in [2.24, 2.45) is 5.92 Å². The van der Waals surface area contributed by atoms with Crippen LogP contribution in [0.1, 0.15) is 25.3 Å². The molecule has 0 radical (unpaired) electrons. The molecule has 1 heterocycles. The van der Waals surface area contributed by atoms with Crippen molar-refractivity contribution in [2.75, 3.05) is 6.54 Å². The molecule has 2 rings (SSSR count). The molecule has 2 unspecified atom stereocenters. The van der Waals surface area contributed by atoms with Gasteiger partial charge in [0.1, 0.15) is 0 Å². The second kappa shape index (κ2) is 4.91.